The molecule has 0 aromatic carbocycles. The van der Waals surface area contributed by atoms with Crippen LogP contribution in [0, 0.1) is 0 Å². The number of quaternary nitrogens is 1. The summed E-state index contributed by atoms with van der Waals surface area (Å²) in [5, 5.41) is 0. The number of carbonyl (C=O) groups excluding carboxylic acids is 1. The van der Waals surface area contributed by atoms with Crippen LogP contribution in [-0.2, 0) is 9.53 Å². The first-order valence-corrected chi connectivity index (χ1v) is 4.57. The Morgan fingerprint density at radius 3 is 2.54 bits per heavy atom. The second kappa shape index (κ2) is 4.82. The second-order valence-corrected chi connectivity index (χ2v) is 3.91. The van der Waals surface area contributed by atoms with E-state index in [9.17, 15) is 4.79 Å². The lowest BCUT2D eigenvalue weighted by Gasteiger charge is -2.29. The van der Waals surface area contributed by atoms with Gasteiger partial charge < -0.3 is 21.6 Å². The van der Waals surface area contributed by atoms with E-state index >= 15 is 0 Å². The smallest absolute Gasteiger partial charge is 0.364 e. The van der Waals surface area contributed by atoms with Gasteiger partial charge in [0.25, 0.3) is 0 Å². The molecule has 1 heterocycles. The quantitative estimate of drug-likeness (QED) is 0.379. The standard InChI is InChI=1S/C9H18NO2.ClH/c1-4-12-9(11)8-6-5-7-10(8,2)3;/h8H,4-7H2,1-3H3;1H/q+1;/p-1. The molecule has 0 amide bonds. The first kappa shape index (κ1) is 12.7. The van der Waals surface area contributed by atoms with E-state index in [0.29, 0.717) is 6.61 Å². The highest BCUT2D eigenvalue weighted by Gasteiger charge is 2.40. The Labute approximate surface area is 86.1 Å². The molecule has 1 aliphatic rings. The summed E-state index contributed by atoms with van der Waals surface area (Å²) >= 11 is 0. The number of nitrogens with zero attached hydrogens (tertiary/aromatic N) is 1. The molecule has 0 radical (unpaired) electrons. The topological polar surface area (TPSA) is 26.3 Å². The Bertz CT molecular complexity index is 182. The van der Waals surface area contributed by atoms with Crippen LogP contribution in [0.1, 0.15) is 19.8 Å². The molecule has 0 aromatic heterocycles. The van der Waals surface area contributed by atoms with Gasteiger partial charge in [-0.05, 0) is 6.92 Å². The van der Waals surface area contributed by atoms with E-state index in [1.807, 2.05) is 6.92 Å². The van der Waals surface area contributed by atoms with Crippen molar-refractivity contribution in [1.82, 2.24) is 0 Å². The molecule has 0 saturated carbocycles. The average molecular weight is 208 g/mol. The first-order valence-electron chi connectivity index (χ1n) is 4.57. The summed E-state index contributed by atoms with van der Waals surface area (Å²) in [5.74, 6) is -0.0278. The van der Waals surface area contributed by atoms with Gasteiger partial charge in [0, 0.05) is 12.8 Å². The van der Waals surface area contributed by atoms with E-state index in [1.165, 1.54) is 0 Å². The van der Waals surface area contributed by atoms with E-state index in [4.69, 9.17) is 4.74 Å². The monoisotopic (exact) mass is 207 g/mol. The van der Waals surface area contributed by atoms with Crippen molar-refractivity contribution < 1.29 is 26.4 Å². The summed E-state index contributed by atoms with van der Waals surface area (Å²) in [4.78, 5) is 11.4. The van der Waals surface area contributed by atoms with Gasteiger partial charge in [-0.3, -0.25) is 0 Å². The number of rotatable bonds is 2. The van der Waals surface area contributed by atoms with Crippen molar-refractivity contribution in [3.8, 4) is 0 Å². The van der Waals surface area contributed by atoms with Crippen LogP contribution in [0.25, 0.3) is 0 Å². The maximum Gasteiger partial charge on any atom is 0.364 e. The first-order chi connectivity index (χ1) is 5.58. The molecule has 0 N–H and O–H groups in total. The highest BCUT2D eigenvalue weighted by atomic mass is 35.5. The van der Waals surface area contributed by atoms with E-state index < -0.39 is 0 Å². The van der Waals surface area contributed by atoms with Gasteiger partial charge in [-0.15, -0.1) is 0 Å². The predicted octanol–water partition coefficient (Wildman–Crippen LogP) is -2.21. The molecule has 4 heteroatoms. The lowest BCUT2D eigenvalue weighted by molar-refractivity contribution is -0.893. The normalized spacial score (nSPS) is 25.0. The number of hydrogen-bond donors (Lipinski definition) is 0. The summed E-state index contributed by atoms with van der Waals surface area (Å²) < 4.78 is 5.80. The summed E-state index contributed by atoms with van der Waals surface area (Å²) in [6.07, 6.45) is 2.11. The van der Waals surface area contributed by atoms with Gasteiger partial charge in [-0.25, -0.2) is 4.79 Å². The van der Waals surface area contributed by atoms with Crippen LogP contribution in [-0.4, -0.2) is 43.7 Å². The van der Waals surface area contributed by atoms with E-state index in [-0.39, 0.29) is 24.4 Å². The maximum atomic E-state index is 11.4. The molecule has 0 aliphatic carbocycles. The Morgan fingerprint density at radius 1 is 1.54 bits per heavy atom. The third kappa shape index (κ3) is 2.85. The van der Waals surface area contributed by atoms with Crippen LogP contribution in [0.15, 0.2) is 0 Å². The van der Waals surface area contributed by atoms with Gasteiger partial charge >= 0.3 is 5.97 Å². The number of halogens is 1. The Hall–Kier alpha value is -0.280. The van der Waals surface area contributed by atoms with E-state index in [1.54, 1.807) is 0 Å². The lowest BCUT2D eigenvalue weighted by Crippen LogP contribution is -3.00. The molecule has 1 unspecified atom stereocenters. The molecule has 0 aromatic rings. The fraction of sp³-hybridized carbons (Fsp3) is 0.889. The van der Waals surface area contributed by atoms with E-state index in [0.717, 1.165) is 23.9 Å². The number of ether oxygens (including phenoxy) is 1. The van der Waals surface area contributed by atoms with Crippen molar-refractivity contribution >= 4 is 5.97 Å². The van der Waals surface area contributed by atoms with Crippen molar-refractivity contribution in [2.45, 2.75) is 25.8 Å². The minimum atomic E-state index is -0.0278. The highest BCUT2D eigenvalue weighted by Crippen LogP contribution is 2.22. The van der Waals surface area contributed by atoms with Crippen LogP contribution in [0.5, 0.6) is 0 Å². The molecule has 1 atom stereocenters. The molecule has 78 valence electrons. The minimum Gasteiger partial charge on any atom is -1.00 e. The molecule has 13 heavy (non-hydrogen) atoms. The molecule has 3 nitrogen and oxygen atoms in total. The SMILES string of the molecule is CCOC(=O)C1CCC[N+]1(C)C.[Cl-]. The summed E-state index contributed by atoms with van der Waals surface area (Å²) in [7, 11) is 4.18. The van der Waals surface area contributed by atoms with Crippen LogP contribution in [0.2, 0.25) is 0 Å². The van der Waals surface area contributed by atoms with Crippen molar-refractivity contribution in [3.63, 3.8) is 0 Å². The highest BCUT2D eigenvalue weighted by molar-refractivity contribution is 5.74. The van der Waals surface area contributed by atoms with Gasteiger partial charge in [0.05, 0.1) is 27.2 Å². The molecular formula is C9H18ClNO2. The number of carbonyl (C=O) groups is 1. The zero-order valence-corrected chi connectivity index (χ0v) is 9.30. The summed E-state index contributed by atoms with van der Waals surface area (Å²) in [5.41, 5.74) is 0. The van der Waals surface area contributed by atoms with Crippen molar-refractivity contribution in [3.05, 3.63) is 0 Å². The minimum absolute atomic E-state index is 0. The van der Waals surface area contributed by atoms with Crippen molar-refractivity contribution in [2.24, 2.45) is 0 Å². The summed E-state index contributed by atoms with van der Waals surface area (Å²) in [6.45, 7) is 3.44. The number of hydrogen-bond acceptors (Lipinski definition) is 2. The zero-order valence-electron chi connectivity index (χ0n) is 8.55. The molecule has 1 aliphatic heterocycles. The predicted molar refractivity (Wildman–Crippen MR) is 46.6 cm³/mol. The Balaban J connectivity index is 0.00000144. The Kier molecular flexibility index (Phi) is 4.71. The third-order valence-electron chi connectivity index (χ3n) is 2.61. The molecule has 1 fully saturated rings. The van der Waals surface area contributed by atoms with Gasteiger partial charge in [-0.2, -0.15) is 0 Å². The average Bonchev–Trinajstić information content (AvgIpc) is 2.30. The molecular weight excluding hydrogens is 190 g/mol. The lowest BCUT2D eigenvalue weighted by atomic mass is 10.2. The molecule has 0 spiro atoms. The number of esters is 1. The van der Waals surface area contributed by atoms with Crippen LogP contribution < -0.4 is 12.4 Å². The van der Waals surface area contributed by atoms with Gasteiger partial charge in [0.1, 0.15) is 0 Å². The van der Waals surface area contributed by atoms with Gasteiger partial charge in [0.2, 0.25) is 0 Å². The third-order valence-corrected chi connectivity index (χ3v) is 2.61. The maximum absolute atomic E-state index is 11.4. The fourth-order valence-electron chi connectivity index (χ4n) is 1.84. The number of likely N-dealkylation sites (N-methyl/N-ethyl adjacent to an activating group) is 1. The van der Waals surface area contributed by atoms with Crippen LogP contribution >= 0.6 is 0 Å². The zero-order chi connectivity index (χ0) is 9.19. The molecule has 1 rings (SSSR count). The van der Waals surface area contributed by atoms with Crippen molar-refractivity contribution in [2.75, 3.05) is 27.2 Å². The number of likely N-dealkylation sites (tertiary alicyclic amines) is 1. The van der Waals surface area contributed by atoms with E-state index in [2.05, 4.69) is 14.1 Å². The fourth-order valence-corrected chi connectivity index (χ4v) is 1.84. The molecule has 0 bridgehead atoms. The van der Waals surface area contributed by atoms with Gasteiger partial charge in [0.15, 0.2) is 6.04 Å². The summed E-state index contributed by atoms with van der Waals surface area (Å²) in [6, 6.07) is 0.0740. The van der Waals surface area contributed by atoms with Crippen LogP contribution in [0.4, 0.5) is 0 Å². The second-order valence-electron chi connectivity index (χ2n) is 3.91. The molecule has 1 saturated heterocycles. The van der Waals surface area contributed by atoms with Crippen LogP contribution in [0.3, 0.4) is 0 Å². The largest absolute Gasteiger partial charge is 1.00 e. The van der Waals surface area contributed by atoms with Crippen molar-refractivity contribution in [1.29, 1.82) is 0 Å². The Morgan fingerprint density at radius 2 is 2.15 bits per heavy atom. The van der Waals surface area contributed by atoms with Gasteiger partial charge in [-0.1, -0.05) is 0 Å².